The monoisotopic (exact) mass is 395 g/mol. The third-order valence-corrected chi connectivity index (χ3v) is 4.71. The van der Waals surface area contributed by atoms with Gasteiger partial charge in [-0.1, -0.05) is 48.5 Å². The van der Waals surface area contributed by atoms with Gasteiger partial charge in [0.2, 0.25) is 0 Å². The molecule has 0 radical (unpaired) electrons. The fraction of sp³-hybridized carbons (Fsp3) is 0.174. The summed E-state index contributed by atoms with van der Waals surface area (Å²) in [5.41, 5.74) is 2.49. The van der Waals surface area contributed by atoms with E-state index in [1.165, 1.54) is 13.0 Å². The van der Waals surface area contributed by atoms with E-state index in [-0.39, 0.29) is 12.4 Å². The van der Waals surface area contributed by atoms with Crippen molar-refractivity contribution in [1.82, 2.24) is 4.98 Å². The van der Waals surface area contributed by atoms with Crippen LogP contribution in [0.5, 0.6) is 5.75 Å². The molecule has 0 saturated carbocycles. The second kappa shape index (κ2) is 7.54. The number of ether oxygens (including phenoxy) is 2. The second-order valence-electron chi connectivity index (χ2n) is 6.69. The third-order valence-electron chi connectivity index (χ3n) is 4.71. The van der Waals surface area contributed by atoms with Crippen LogP contribution in [0.2, 0.25) is 0 Å². The lowest BCUT2D eigenvalue weighted by Gasteiger charge is -2.17. The van der Waals surface area contributed by atoms with Crippen molar-refractivity contribution < 1.29 is 23.0 Å². The smallest absolute Gasteiger partial charge is 0.459 e. The van der Waals surface area contributed by atoms with Gasteiger partial charge in [0.05, 0.1) is 6.61 Å². The Morgan fingerprint density at radius 2 is 1.83 bits per heavy atom. The van der Waals surface area contributed by atoms with Gasteiger partial charge in [0.1, 0.15) is 5.75 Å². The largest absolute Gasteiger partial charge is 0.502 e. The van der Waals surface area contributed by atoms with Gasteiger partial charge in [-0.25, -0.2) is 4.79 Å². The van der Waals surface area contributed by atoms with Crippen molar-refractivity contribution in [2.75, 3.05) is 6.61 Å². The quantitative estimate of drug-likeness (QED) is 0.442. The lowest BCUT2D eigenvalue weighted by molar-refractivity contribution is -0.216. The number of hydrogen-bond acceptors (Lipinski definition) is 3. The summed E-state index contributed by atoms with van der Waals surface area (Å²) in [5.74, 6) is -1.78. The first-order valence-corrected chi connectivity index (χ1v) is 9.28. The van der Waals surface area contributed by atoms with Crippen LogP contribution >= 0.6 is 0 Å². The number of esters is 1. The average Bonchev–Trinajstić information content (AvgIpc) is 3.12. The molecule has 0 bridgehead atoms. The zero-order valence-electron chi connectivity index (χ0n) is 15.7. The minimum Gasteiger partial charge on any atom is -0.459 e. The number of fused-ring (bicyclic) bond motifs is 2. The lowest BCUT2D eigenvalue weighted by Crippen LogP contribution is -2.36. The Morgan fingerprint density at radius 3 is 2.62 bits per heavy atom. The number of hydrogen-bond donors (Lipinski definition) is 1. The van der Waals surface area contributed by atoms with E-state index in [2.05, 4.69) is 15.8 Å². The Labute approximate surface area is 166 Å². The minimum absolute atomic E-state index is 0.0717. The molecule has 3 aromatic carbocycles. The van der Waals surface area contributed by atoms with Crippen molar-refractivity contribution in [2.24, 2.45) is 0 Å². The number of nitrogens with one attached hydrogen (secondary N) is 1. The fourth-order valence-corrected chi connectivity index (χ4v) is 3.41. The first-order valence-electron chi connectivity index (χ1n) is 9.28. The Morgan fingerprint density at radius 1 is 1.03 bits per heavy atom. The molecule has 1 N–H and O–H groups in total. The molecule has 4 rings (SSSR count). The summed E-state index contributed by atoms with van der Waals surface area (Å²) in [4.78, 5) is 14.6. The maximum absolute atomic E-state index is 14.2. The number of benzene rings is 3. The van der Waals surface area contributed by atoms with Crippen LogP contribution in [0.25, 0.3) is 21.7 Å². The van der Waals surface area contributed by atoms with Gasteiger partial charge in [-0.05, 0) is 47.4 Å². The second-order valence-corrected chi connectivity index (χ2v) is 6.69. The molecular weight excluding hydrogens is 376 g/mol. The Kier molecular flexibility index (Phi) is 4.92. The molecule has 0 aliphatic heterocycles. The van der Waals surface area contributed by atoms with Crippen LogP contribution in [0.15, 0.2) is 66.9 Å². The summed E-state index contributed by atoms with van der Waals surface area (Å²) in [6.07, 6.45) is -1.77. The molecule has 29 heavy (non-hydrogen) atoms. The standard InChI is InChI=1S/C23H19F2NO3/c1-2-28-22(27)23(24,25)29-20-9-5-8-19-21(20)18(14-26-19)13-15-10-11-16-6-3-4-7-17(16)12-15/h3-12,14,26H,2,13H2,1H3. The number of halogens is 2. The molecule has 0 fully saturated rings. The SMILES string of the molecule is CCOC(=O)C(F)(F)Oc1cccc2[nH]cc(Cc3ccc4ccccc4c3)c12. The summed E-state index contributed by atoms with van der Waals surface area (Å²) in [6, 6.07) is 18.9. The van der Waals surface area contributed by atoms with E-state index in [4.69, 9.17) is 4.74 Å². The van der Waals surface area contributed by atoms with Crippen molar-refractivity contribution in [2.45, 2.75) is 19.5 Å². The van der Waals surface area contributed by atoms with Crippen LogP contribution in [0.4, 0.5) is 8.78 Å². The molecule has 0 spiro atoms. The molecule has 6 heteroatoms. The number of carbonyl (C=O) groups is 1. The van der Waals surface area contributed by atoms with Crippen LogP contribution in [-0.2, 0) is 16.0 Å². The molecule has 1 heterocycles. The highest BCUT2D eigenvalue weighted by molar-refractivity contribution is 5.90. The minimum atomic E-state index is -4.07. The molecular formula is C23H19F2NO3. The molecule has 0 aliphatic rings. The van der Waals surface area contributed by atoms with Gasteiger partial charge in [-0.2, -0.15) is 8.78 Å². The number of aromatic amines is 1. The van der Waals surface area contributed by atoms with E-state index in [1.54, 1.807) is 18.3 Å². The molecule has 1 aromatic heterocycles. The maximum atomic E-state index is 14.2. The van der Waals surface area contributed by atoms with Crippen molar-refractivity contribution in [3.8, 4) is 5.75 Å². The Balaban J connectivity index is 1.69. The highest BCUT2D eigenvalue weighted by Gasteiger charge is 2.44. The molecule has 0 atom stereocenters. The van der Waals surface area contributed by atoms with Crippen LogP contribution in [0.3, 0.4) is 0 Å². The van der Waals surface area contributed by atoms with Crippen molar-refractivity contribution in [3.63, 3.8) is 0 Å². The summed E-state index contributed by atoms with van der Waals surface area (Å²) >= 11 is 0. The number of H-pyrrole nitrogens is 1. The first kappa shape index (κ1) is 18.9. The first-order chi connectivity index (χ1) is 14.0. The fourth-order valence-electron chi connectivity index (χ4n) is 3.41. The zero-order valence-corrected chi connectivity index (χ0v) is 15.7. The van der Waals surface area contributed by atoms with E-state index in [0.717, 1.165) is 21.9 Å². The lowest BCUT2D eigenvalue weighted by atomic mass is 10.0. The van der Waals surface area contributed by atoms with Gasteiger partial charge in [0.25, 0.3) is 0 Å². The third kappa shape index (κ3) is 3.78. The predicted octanol–water partition coefficient (Wildman–Crippen LogP) is 5.45. The molecule has 148 valence electrons. The predicted molar refractivity (Wildman–Crippen MR) is 107 cm³/mol. The van der Waals surface area contributed by atoms with Crippen LogP contribution < -0.4 is 4.74 Å². The van der Waals surface area contributed by atoms with E-state index < -0.39 is 12.1 Å². The molecule has 4 nitrogen and oxygen atoms in total. The molecule has 0 amide bonds. The van der Waals surface area contributed by atoms with Gasteiger partial charge in [-0.15, -0.1) is 0 Å². The topological polar surface area (TPSA) is 51.3 Å². The van der Waals surface area contributed by atoms with E-state index in [9.17, 15) is 13.6 Å². The van der Waals surface area contributed by atoms with Crippen LogP contribution in [0.1, 0.15) is 18.1 Å². The van der Waals surface area contributed by atoms with Crippen molar-refractivity contribution in [1.29, 1.82) is 0 Å². The van der Waals surface area contributed by atoms with Crippen LogP contribution in [0, 0.1) is 0 Å². The van der Waals surface area contributed by atoms with E-state index in [0.29, 0.717) is 17.3 Å². The molecule has 0 unspecified atom stereocenters. The molecule has 4 aromatic rings. The van der Waals surface area contributed by atoms with Gasteiger partial charge < -0.3 is 14.5 Å². The van der Waals surface area contributed by atoms with E-state index >= 15 is 0 Å². The summed E-state index contributed by atoms with van der Waals surface area (Å²) in [5, 5.41) is 2.76. The average molecular weight is 395 g/mol. The number of aromatic nitrogens is 1. The summed E-state index contributed by atoms with van der Waals surface area (Å²) < 4.78 is 37.5. The van der Waals surface area contributed by atoms with Gasteiger partial charge in [-0.3, -0.25) is 0 Å². The zero-order chi connectivity index (χ0) is 20.4. The van der Waals surface area contributed by atoms with Gasteiger partial charge >= 0.3 is 12.1 Å². The Hall–Kier alpha value is -3.41. The highest BCUT2D eigenvalue weighted by Crippen LogP contribution is 2.34. The molecule has 0 aliphatic carbocycles. The number of rotatable bonds is 6. The number of carbonyl (C=O) groups excluding carboxylic acids is 1. The summed E-state index contributed by atoms with van der Waals surface area (Å²) in [7, 11) is 0. The van der Waals surface area contributed by atoms with Gasteiger partial charge in [0.15, 0.2) is 0 Å². The van der Waals surface area contributed by atoms with Gasteiger partial charge in [0, 0.05) is 17.1 Å². The maximum Gasteiger partial charge on any atom is 0.502 e. The molecule has 0 saturated heterocycles. The summed E-state index contributed by atoms with van der Waals surface area (Å²) in [6.45, 7) is 1.31. The van der Waals surface area contributed by atoms with Crippen LogP contribution in [-0.4, -0.2) is 23.7 Å². The van der Waals surface area contributed by atoms with E-state index in [1.807, 2.05) is 36.4 Å². The number of alkyl halides is 2. The van der Waals surface area contributed by atoms with Crippen molar-refractivity contribution >= 4 is 27.6 Å². The normalized spacial score (nSPS) is 11.7. The highest BCUT2D eigenvalue weighted by atomic mass is 19.3. The Bertz CT molecular complexity index is 1180. The van der Waals surface area contributed by atoms with Crippen molar-refractivity contribution in [3.05, 3.63) is 78.0 Å².